The van der Waals surface area contributed by atoms with Crippen molar-refractivity contribution in [2.24, 2.45) is 0 Å². The third kappa shape index (κ3) is 7.11. The SMILES string of the molecule is CCC1(COc2nc3c(c(N4CCN(C(=O)/C=C/CN5CCC(OC)C5)CC4)n2)CCN(c2cccc4cccc(Cl)c24)C3)CCCN1C. The molecule has 0 aliphatic carbocycles. The maximum atomic E-state index is 13.1. The minimum absolute atomic E-state index is 0.00489. The van der Waals surface area contributed by atoms with E-state index in [0.717, 1.165) is 91.4 Å². The van der Waals surface area contributed by atoms with Crippen LogP contribution in [0.25, 0.3) is 10.8 Å². The predicted molar refractivity (Wildman–Crippen MR) is 196 cm³/mol. The van der Waals surface area contributed by atoms with Gasteiger partial charge in [0.25, 0.3) is 0 Å². The lowest BCUT2D eigenvalue weighted by Gasteiger charge is -2.38. The van der Waals surface area contributed by atoms with Crippen molar-refractivity contribution in [1.82, 2.24) is 24.7 Å². The summed E-state index contributed by atoms with van der Waals surface area (Å²) in [5.41, 5.74) is 3.31. The van der Waals surface area contributed by atoms with E-state index in [0.29, 0.717) is 51.4 Å². The number of likely N-dealkylation sites (N-methyl/N-ethyl adjacent to an activating group) is 1. The van der Waals surface area contributed by atoms with Crippen LogP contribution >= 0.6 is 11.6 Å². The Balaban J connectivity index is 1.09. The van der Waals surface area contributed by atoms with Gasteiger partial charge < -0.3 is 24.2 Å². The summed E-state index contributed by atoms with van der Waals surface area (Å²) in [7, 11) is 3.97. The second kappa shape index (κ2) is 14.8. The van der Waals surface area contributed by atoms with Gasteiger partial charge >= 0.3 is 6.01 Å². The first kappa shape index (κ1) is 34.0. The molecule has 262 valence electrons. The first-order valence-corrected chi connectivity index (χ1v) is 18.4. The molecule has 3 saturated heterocycles. The Morgan fingerprint density at radius 3 is 2.59 bits per heavy atom. The minimum Gasteiger partial charge on any atom is -0.461 e. The molecule has 0 bridgehead atoms. The number of carbonyl (C=O) groups is 1. The summed E-state index contributed by atoms with van der Waals surface area (Å²) in [6.07, 6.45) is 9.21. The van der Waals surface area contributed by atoms with Gasteiger partial charge in [0.05, 0.1) is 28.9 Å². The maximum Gasteiger partial charge on any atom is 0.318 e. The molecule has 10 nitrogen and oxygen atoms in total. The van der Waals surface area contributed by atoms with Crippen molar-refractivity contribution < 1.29 is 14.3 Å². The van der Waals surface area contributed by atoms with Crippen molar-refractivity contribution in [3.8, 4) is 6.01 Å². The van der Waals surface area contributed by atoms with Crippen molar-refractivity contribution in [3.05, 3.63) is 64.8 Å². The van der Waals surface area contributed by atoms with Crippen LogP contribution in [0.1, 0.15) is 43.9 Å². The highest BCUT2D eigenvalue weighted by Gasteiger charge is 2.38. The fourth-order valence-corrected chi connectivity index (χ4v) is 8.44. The van der Waals surface area contributed by atoms with Gasteiger partial charge in [0.2, 0.25) is 5.91 Å². The molecule has 0 N–H and O–H groups in total. The van der Waals surface area contributed by atoms with Crippen molar-refractivity contribution in [2.45, 2.75) is 57.2 Å². The summed E-state index contributed by atoms with van der Waals surface area (Å²) in [4.78, 5) is 34.7. The van der Waals surface area contributed by atoms with Crippen LogP contribution in [0.15, 0.2) is 48.6 Å². The van der Waals surface area contributed by atoms with E-state index >= 15 is 0 Å². The normalized spacial score (nSPS) is 23.6. The molecule has 5 heterocycles. The number of ether oxygens (including phenoxy) is 2. The number of likely N-dealkylation sites (tertiary alicyclic amines) is 2. The molecule has 0 radical (unpaired) electrons. The lowest BCUT2D eigenvalue weighted by Crippen LogP contribution is -2.49. The number of benzene rings is 2. The van der Waals surface area contributed by atoms with Gasteiger partial charge in [0.15, 0.2) is 0 Å². The van der Waals surface area contributed by atoms with Gasteiger partial charge in [-0.1, -0.05) is 48.9 Å². The molecular formula is C38H50ClN7O3. The zero-order valence-corrected chi connectivity index (χ0v) is 30.0. The van der Waals surface area contributed by atoms with E-state index in [4.69, 9.17) is 31.0 Å². The third-order valence-corrected chi connectivity index (χ3v) is 11.7. The molecule has 1 amide bonds. The molecule has 3 fully saturated rings. The van der Waals surface area contributed by atoms with E-state index in [1.165, 1.54) is 12.0 Å². The molecular weight excluding hydrogens is 638 g/mol. The van der Waals surface area contributed by atoms with Gasteiger partial charge in [-0.05, 0) is 63.2 Å². The molecule has 7 rings (SSSR count). The maximum absolute atomic E-state index is 13.1. The number of rotatable bonds is 10. The van der Waals surface area contributed by atoms with Crippen molar-refractivity contribution in [3.63, 3.8) is 0 Å². The fourth-order valence-electron chi connectivity index (χ4n) is 8.17. The number of methoxy groups -OCH3 is 1. The zero-order valence-electron chi connectivity index (χ0n) is 29.2. The van der Waals surface area contributed by atoms with Crippen LogP contribution in [-0.2, 0) is 22.5 Å². The second-order valence-corrected chi connectivity index (χ2v) is 14.5. The van der Waals surface area contributed by atoms with Gasteiger partial charge in [-0.3, -0.25) is 14.6 Å². The molecule has 1 aromatic heterocycles. The van der Waals surface area contributed by atoms with Gasteiger partial charge in [-0.2, -0.15) is 9.97 Å². The highest BCUT2D eigenvalue weighted by molar-refractivity contribution is 6.36. The van der Waals surface area contributed by atoms with Gasteiger partial charge in [0, 0.05) is 82.2 Å². The highest BCUT2D eigenvalue weighted by atomic mass is 35.5. The summed E-state index contributed by atoms with van der Waals surface area (Å²) >= 11 is 6.76. The predicted octanol–water partition coefficient (Wildman–Crippen LogP) is 5.02. The first-order valence-electron chi connectivity index (χ1n) is 18.0. The quantitative estimate of drug-likeness (QED) is 0.273. The smallest absolute Gasteiger partial charge is 0.318 e. The van der Waals surface area contributed by atoms with Gasteiger partial charge in [-0.15, -0.1) is 0 Å². The van der Waals surface area contributed by atoms with E-state index in [1.54, 1.807) is 13.2 Å². The van der Waals surface area contributed by atoms with Crippen LogP contribution in [0.2, 0.25) is 5.02 Å². The van der Waals surface area contributed by atoms with E-state index in [9.17, 15) is 4.79 Å². The Kier molecular flexibility index (Phi) is 10.3. The van der Waals surface area contributed by atoms with Gasteiger partial charge in [0.1, 0.15) is 12.4 Å². The topological polar surface area (TPSA) is 77.5 Å². The Labute approximate surface area is 295 Å². The third-order valence-electron chi connectivity index (χ3n) is 11.3. The summed E-state index contributed by atoms with van der Waals surface area (Å²) < 4.78 is 12.0. The van der Waals surface area contributed by atoms with E-state index in [2.05, 4.69) is 57.8 Å². The van der Waals surface area contributed by atoms with Crippen LogP contribution in [0.3, 0.4) is 0 Å². The van der Waals surface area contributed by atoms with E-state index in [-0.39, 0.29) is 11.4 Å². The number of nitrogens with zero attached hydrogens (tertiary/aromatic N) is 7. The second-order valence-electron chi connectivity index (χ2n) is 14.1. The summed E-state index contributed by atoms with van der Waals surface area (Å²) in [6, 6.07) is 12.9. The van der Waals surface area contributed by atoms with Crippen LogP contribution in [0.5, 0.6) is 6.01 Å². The molecule has 2 aromatic carbocycles. The molecule has 4 aliphatic rings. The molecule has 49 heavy (non-hydrogen) atoms. The Hall–Kier alpha value is -3.44. The average Bonchev–Trinajstić information content (AvgIpc) is 3.76. The highest BCUT2D eigenvalue weighted by Crippen LogP contribution is 2.38. The number of aromatic nitrogens is 2. The van der Waals surface area contributed by atoms with Crippen LogP contribution in [0.4, 0.5) is 11.5 Å². The van der Waals surface area contributed by atoms with E-state index < -0.39 is 0 Å². The minimum atomic E-state index is 0.00489. The number of hydrogen-bond donors (Lipinski definition) is 0. The van der Waals surface area contributed by atoms with Crippen LogP contribution < -0.4 is 14.5 Å². The summed E-state index contributed by atoms with van der Waals surface area (Å²) in [5.74, 6) is 1.02. The van der Waals surface area contributed by atoms with Crippen LogP contribution in [0, 0.1) is 0 Å². The van der Waals surface area contributed by atoms with Gasteiger partial charge in [-0.25, -0.2) is 0 Å². The molecule has 0 spiro atoms. The Morgan fingerprint density at radius 1 is 1.04 bits per heavy atom. The molecule has 2 atom stereocenters. The molecule has 0 saturated carbocycles. The number of amides is 1. The number of piperazine rings is 1. The number of hydrogen-bond acceptors (Lipinski definition) is 9. The number of anilines is 2. The fraction of sp³-hybridized carbons (Fsp3) is 0.553. The van der Waals surface area contributed by atoms with Crippen molar-refractivity contribution >= 4 is 39.8 Å². The molecule has 2 unspecified atom stereocenters. The summed E-state index contributed by atoms with van der Waals surface area (Å²) in [5, 5.41) is 2.96. The number of halogens is 1. The van der Waals surface area contributed by atoms with E-state index in [1.807, 2.05) is 23.1 Å². The lowest BCUT2D eigenvalue weighted by molar-refractivity contribution is -0.126. The molecule has 4 aliphatic heterocycles. The average molecular weight is 688 g/mol. The number of carbonyl (C=O) groups excluding carboxylic acids is 1. The Morgan fingerprint density at radius 2 is 1.86 bits per heavy atom. The van der Waals surface area contributed by atoms with Crippen molar-refractivity contribution in [2.75, 3.05) is 89.5 Å². The lowest BCUT2D eigenvalue weighted by atomic mass is 9.94. The Bertz CT molecular complexity index is 1670. The van der Waals surface area contributed by atoms with Crippen molar-refractivity contribution in [1.29, 1.82) is 0 Å². The summed E-state index contributed by atoms with van der Waals surface area (Å²) in [6.45, 7) is 10.8. The van der Waals surface area contributed by atoms with Crippen LogP contribution in [-0.4, -0.2) is 122 Å². The standard InChI is InChI=1S/C38H50ClN7O3/c1-4-38(16-8-17-42(38)2)27-49-37-40-32-26-46(33-12-6-10-28-9-5-11-31(39)35(28)33)20-15-30(32)36(41-37)45-23-21-44(22-24-45)34(47)13-7-18-43-19-14-29(25-43)48-3/h5-7,9-13,29H,4,8,14-27H2,1-3H3/b13-7+. The largest absolute Gasteiger partial charge is 0.461 e. The monoisotopic (exact) mass is 687 g/mol. The zero-order chi connectivity index (χ0) is 34.0. The first-order chi connectivity index (χ1) is 23.9. The molecule has 11 heteroatoms. The number of fused-ring (bicyclic) bond motifs is 2. The molecule has 3 aromatic rings.